The van der Waals surface area contributed by atoms with E-state index >= 15 is 0 Å². The summed E-state index contributed by atoms with van der Waals surface area (Å²) < 4.78 is 1.83. The maximum Gasteiger partial charge on any atom is 0.238 e. The fourth-order valence-electron chi connectivity index (χ4n) is 2.22. The standard InChI is InChI=1S/C16H21ClN4O/c1-11-14(17)6-5-7-15(11)19-16(22)10-20(3)9-13-8-18-21(4)12(13)2/h5-8H,9-10H2,1-4H3,(H,19,22). The number of nitrogens with one attached hydrogen (secondary N) is 1. The monoisotopic (exact) mass is 320 g/mol. The Labute approximate surface area is 135 Å². The largest absolute Gasteiger partial charge is 0.325 e. The predicted octanol–water partition coefficient (Wildman–Crippen LogP) is 2.76. The van der Waals surface area contributed by atoms with Gasteiger partial charge in [0.05, 0.1) is 12.7 Å². The number of benzene rings is 1. The van der Waals surface area contributed by atoms with Crippen molar-refractivity contribution < 1.29 is 4.79 Å². The Morgan fingerprint density at radius 1 is 1.41 bits per heavy atom. The van der Waals surface area contributed by atoms with Crippen molar-refractivity contribution in [1.82, 2.24) is 14.7 Å². The number of anilines is 1. The average Bonchev–Trinajstić information content (AvgIpc) is 2.76. The highest BCUT2D eigenvalue weighted by molar-refractivity contribution is 6.31. The Bertz CT molecular complexity index is 681. The number of carbonyl (C=O) groups excluding carboxylic acids is 1. The molecule has 2 aromatic rings. The SMILES string of the molecule is Cc1c(Cl)cccc1NC(=O)CN(C)Cc1cnn(C)c1C. The molecule has 0 radical (unpaired) electrons. The zero-order chi connectivity index (χ0) is 16.3. The first-order valence-electron chi connectivity index (χ1n) is 7.09. The summed E-state index contributed by atoms with van der Waals surface area (Å²) in [4.78, 5) is 14.1. The summed E-state index contributed by atoms with van der Waals surface area (Å²) in [5, 5.41) is 7.76. The number of nitrogens with zero attached hydrogens (tertiary/aromatic N) is 3. The number of halogens is 1. The van der Waals surface area contributed by atoms with Crippen LogP contribution in [-0.4, -0.2) is 34.2 Å². The maximum atomic E-state index is 12.2. The molecule has 1 aromatic carbocycles. The lowest BCUT2D eigenvalue weighted by atomic mass is 10.2. The molecule has 1 aromatic heterocycles. The summed E-state index contributed by atoms with van der Waals surface area (Å²) in [5.41, 5.74) is 3.86. The fourth-order valence-corrected chi connectivity index (χ4v) is 2.40. The summed E-state index contributed by atoms with van der Waals surface area (Å²) in [6, 6.07) is 5.49. The van der Waals surface area contributed by atoms with Crippen LogP contribution in [0.5, 0.6) is 0 Å². The van der Waals surface area contributed by atoms with E-state index in [1.54, 1.807) is 0 Å². The van der Waals surface area contributed by atoms with Crippen LogP contribution in [0.1, 0.15) is 16.8 Å². The van der Waals surface area contributed by atoms with E-state index in [4.69, 9.17) is 11.6 Å². The van der Waals surface area contributed by atoms with Crippen molar-refractivity contribution in [3.05, 3.63) is 46.2 Å². The van der Waals surface area contributed by atoms with Gasteiger partial charge in [-0.25, -0.2) is 0 Å². The number of likely N-dealkylation sites (N-methyl/N-ethyl adjacent to an activating group) is 1. The first kappa shape index (κ1) is 16.5. The minimum atomic E-state index is -0.0607. The molecule has 0 unspecified atom stereocenters. The Balaban J connectivity index is 1.94. The lowest BCUT2D eigenvalue weighted by Gasteiger charge is -2.17. The van der Waals surface area contributed by atoms with Crippen LogP contribution in [0, 0.1) is 13.8 Å². The molecule has 0 bridgehead atoms. The van der Waals surface area contributed by atoms with E-state index in [9.17, 15) is 4.79 Å². The Hall–Kier alpha value is -1.85. The van der Waals surface area contributed by atoms with Crippen LogP contribution in [0.4, 0.5) is 5.69 Å². The summed E-state index contributed by atoms with van der Waals surface area (Å²) in [6.45, 7) is 4.90. The van der Waals surface area contributed by atoms with Crippen molar-refractivity contribution in [1.29, 1.82) is 0 Å². The van der Waals surface area contributed by atoms with Gasteiger partial charge in [-0.3, -0.25) is 14.4 Å². The zero-order valence-electron chi connectivity index (χ0n) is 13.4. The van der Waals surface area contributed by atoms with Gasteiger partial charge in [0.2, 0.25) is 5.91 Å². The van der Waals surface area contributed by atoms with Crippen LogP contribution in [0.15, 0.2) is 24.4 Å². The van der Waals surface area contributed by atoms with Gasteiger partial charge < -0.3 is 5.32 Å². The summed E-state index contributed by atoms with van der Waals surface area (Å²) in [6.07, 6.45) is 1.84. The lowest BCUT2D eigenvalue weighted by molar-refractivity contribution is -0.117. The first-order valence-corrected chi connectivity index (χ1v) is 7.47. The molecule has 0 atom stereocenters. The summed E-state index contributed by atoms with van der Waals surface area (Å²) in [5.74, 6) is -0.0607. The molecule has 0 spiro atoms. The fraction of sp³-hybridized carbons (Fsp3) is 0.375. The topological polar surface area (TPSA) is 50.2 Å². The van der Waals surface area contributed by atoms with Gasteiger partial charge in [0, 0.05) is 35.6 Å². The minimum Gasteiger partial charge on any atom is -0.325 e. The molecule has 2 rings (SSSR count). The van der Waals surface area contributed by atoms with Crippen molar-refractivity contribution in [2.24, 2.45) is 7.05 Å². The van der Waals surface area contributed by atoms with E-state index in [1.807, 2.05) is 61.9 Å². The molecule has 0 aliphatic carbocycles. The Morgan fingerprint density at radius 3 is 2.77 bits per heavy atom. The molecule has 1 heterocycles. The third-order valence-corrected chi connectivity index (χ3v) is 4.14. The van der Waals surface area contributed by atoms with Crippen LogP contribution < -0.4 is 5.32 Å². The van der Waals surface area contributed by atoms with Gasteiger partial charge in [0.25, 0.3) is 0 Å². The van der Waals surface area contributed by atoms with E-state index in [0.717, 1.165) is 22.5 Å². The third kappa shape index (κ3) is 3.87. The highest BCUT2D eigenvalue weighted by atomic mass is 35.5. The second-order valence-corrected chi connectivity index (χ2v) is 5.92. The molecule has 6 heteroatoms. The van der Waals surface area contributed by atoms with Crippen LogP contribution in [0.2, 0.25) is 5.02 Å². The van der Waals surface area contributed by atoms with Gasteiger partial charge in [-0.1, -0.05) is 17.7 Å². The van der Waals surface area contributed by atoms with E-state index in [-0.39, 0.29) is 5.91 Å². The number of hydrogen-bond acceptors (Lipinski definition) is 3. The van der Waals surface area contributed by atoms with Crippen LogP contribution >= 0.6 is 11.6 Å². The molecule has 1 amide bonds. The number of rotatable bonds is 5. The van der Waals surface area contributed by atoms with Crippen molar-refractivity contribution in [3.63, 3.8) is 0 Å². The second kappa shape index (κ2) is 6.94. The number of aryl methyl sites for hydroxylation is 1. The zero-order valence-corrected chi connectivity index (χ0v) is 14.1. The first-order chi connectivity index (χ1) is 10.4. The molecule has 0 fully saturated rings. The number of carbonyl (C=O) groups is 1. The molecule has 0 saturated heterocycles. The van der Waals surface area contributed by atoms with E-state index in [0.29, 0.717) is 18.1 Å². The lowest BCUT2D eigenvalue weighted by Crippen LogP contribution is -2.30. The summed E-state index contributed by atoms with van der Waals surface area (Å²) >= 11 is 6.06. The van der Waals surface area contributed by atoms with Gasteiger partial charge >= 0.3 is 0 Å². The second-order valence-electron chi connectivity index (χ2n) is 5.51. The Kier molecular flexibility index (Phi) is 5.21. The molecular formula is C16H21ClN4O. The van der Waals surface area contributed by atoms with Crippen LogP contribution in [0.25, 0.3) is 0 Å². The van der Waals surface area contributed by atoms with Gasteiger partial charge in [0.15, 0.2) is 0 Å². The molecule has 22 heavy (non-hydrogen) atoms. The van der Waals surface area contributed by atoms with Crippen LogP contribution in [0.3, 0.4) is 0 Å². The molecule has 1 N–H and O–H groups in total. The average molecular weight is 321 g/mol. The van der Waals surface area contributed by atoms with E-state index < -0.39 is 0 Å². The predicted molar refractivity (Wildman–Crippen MR) is 89.1 cm³/mol. The molecule has 0 aliphatic rings. The van der Waals surface area contributed by atoms with Crippen molar-refractivity contribution >= 4 is 23.2 Å². The van der Waals surface area contributed by atoms with Crippen molar-refractivity contribution in [2.45, 2.75) is 20.4 Å². The van der Waals surface area contributed by atoms with Crippen molar-refractivity contribution in [3.8, 4) is 0 Å². The highest BCUT2D eigenvalue weighted by Crippen LogP contribution is 2.22. The number of hydrogen-bond donors (Lipinski definition) is 1. The number of aromatic nitrogens is 2. The molecule has 118 valence electrons. The van der Waals surface area contributed by atoms with Gasteiger partial charge in [-0.05, 0) is 38.6 Å². The molecular weight excluding hydrogens is 300 g/mol. The van der Waals surface area contributed by atoms with Gasteiger partial charge in [-0.15, -0.1) is 0 Å². The van der Waals surface area contributed by atoms with E-state index in [1.165, 1.54) is 0 Å². The summed E-state index contributed by atoms with van der Waals surface area (Å²) in [7, 11) is 3.82. The normalized spacial score (nSPS) is 11.0. The van der Waals surface area contributed by atoms with Gasteiger partial charge in [0.1, 0.15) is 0 Å². The maximum absolute atomic E-state index is 12.2. The minimum absolute atomic E-state index is 0.0607. The van der Waals surface area contributed by atoms with E-state index in [2.05, 4.69) is 10.4 Å². The molecule has 5 nitrogen and oxygen atoms in total. The van der Waals surface area contributed by atoms with Gasteiger partial charge in [-0.2, -0.15) is 5.10 Å². The molecule has 0 aliphatic heterocycles. The van der Waals surface area contributed by atoms with Crippen molar-refractivity contribution in [2.75, 3.05) is 18.9 Å². The number of amides is 1. The quantitative estimate of drug-likeness (QED) is 0.921. The molecule has 0 saturated carbocycles. The highest BCUT2D eigenvalue weighted by Gasteiger charge is 2.12. The smallest absolute Gasteiger partial charge is 0.238 e. The Morgan fingerprint density at radius 2 is 2.14 bits per heavy atom. The third-order valence-electron chi connectivity index (χ3n) is 3.73. The van der Waals surface area contributed by atoms with Crippen LogP contribution in [-0.2, 0) is 18.4 Å².